The van der Waals surface area contributed by atoms with Crippen molar-refractivity contribution in [3.63, 3.8) is 0 Å². The van der Waals surface area contributed by atoms with E-state index in [9.17, 15) is 25.0 Å². The number of esters is 1. The number of hydrogen-bond acceptors (Lipinski definition) is 6. The molecule has 0 spiro atoms. The van der Waals surface area contributed by atoms with Gasteiger partial charge in [0.05, 0.1) is 20.4 Å². The average molecular weight is 337 g/mol. The van der Waals surface area contributed by atoms with Crippen LogP contribution < -0.4 is 4.74 Å². The highest BCUT2D eigenvalue weighted by molar-refractivity contribution is 6.33. The first-order valence-corrected chi connectivity index (χ1v) is 6.58. The van der Waals surface area contributed by atoms with Crippen LogP contribution in [-0.2, 0) is 0 Å². The van der Waals surface area contributed by atoms with E-state index in [0.717, 1.165) is 12.1 Å². The summed E-state index contributed by atoms with van der Waals surface area (Å²) < 4.78 is 5.08. The maximum Gasteiger partial charge on any atom is 0.345 e. The fourth-order valence-corrected chi connectivity index (χ4v) is 2.09. The number of nitrogens with zero attached hydrogens (tertiary/aromatic N) is 2. The molecule has 0 aliphatic rings. The summed E-state index contributed by atoms with van der Waals surface area (Å²) in [6.07, 6.45) is 0. The monoisotopic (exact) mass is 336 g/mol. The van der Waals surface area contributed by atoms with Crippen molar-refractivity contribution in [1.29, 1.82) is 0 Å². The van der Waals surface area contributed by atoms with E-state index in [1.807, 2.05) is 0 Å². The maximum absolute atomic E-state index is 12.0. The number of halogens is 1. The molecule has 2 rings (SSSR count). The third-order valence-electron chi connectivity index (χ3n) is 2.96. The highest BCUT2D eigenvalue weighted by atomic mass is 35.5. The fraction of sp³-hybridized carbons (Fsp3) is 0.0714. The number of ether oxygens (including phenoxy) is 1. The molecule has 118 valence electrons. The predicted octanol–water partition coefficient (Wildman–Crippen LogP) is 3.68. The molecule has 0 amide bonds. The van der Waals surface area contributed by atoms with Crippen molar-refractivity contribution in [3.05, 3.63) is 72.8 Å². The topological polar surface area (TPSA) is 113 Å². The van der Waals surface area contributed by atoms with E-state index in [1.54, 1.807) is 0 Å². The lowest BCUT2D eigenvalue weighted by atomic mass is 10.2. The van der Waals surface area contributed by atoms with Gasteiger partial charge in [0.25, 0.3) is 11.4 Å². The van der Waals surface area contributed by atoms with E-state index in [-0.39, 0.29) is 27.7 Å². The van der Waals surface area contributed by atoms with Crippen LogP contribution in [-0.4, -0.2) is 15.8 Å². The smallest absolute Gasteiger partial charge is 0.345 e. The molecule has 0 aliphatic carbocycles. The first-order chi connectivity index (χ1) is 10.8. The molecule has 23 heavy (non-hydrogen) atoms. The van der Waals surface area contributed by atoms with Crippen LogP contribution in [0.1, 0.15) is 15.9 Å². The lowest BCUT2D eigenvalue weighted by Gasteiger charge is -2.06. The number of nitro groups is 2. The van der Waals surface area contributed by atoms with E-state index < -0.39 is 15.8 Å². The Balaban J connectivity index is 2.24. The molecule has 9 heteroatoms. The quantitative estimate of drug-likeness (QED) is 0.364. The number of aryl methyl sites for hydroxylation is 1. The van der Waals surface area contributed by atoms with Crippen molar-refractivity contribution in [3.8, 4) is 5.75 Å². The lowest BCUT2D eigenvalue weighted by Crippen LogP contribution is -2.09. The molecule has 0 saturated carbocycles. The number of carbonyl (C=O) groups is 1. The number of hydrogen-bond donors (Lipinski definition) is 0. The summed E-state index contributed by atoms with van der Waals surface area (Å²) in [6, 6.07) is 7.19. The summed E-state index contributed by atoms with van der Waals surface area (Å²) in [4.78, 5) is 32.2. The van der Waals surface area contributed by atoms with Crippen LogP contribution in [0.2, 0.25) is 5.02 Å². The molecule has 0 N–H and O–H groups in total. The number of nitro benzene ring substituents is 2. The van der Waals surface area contributed by atoms with Gasteiger partial charge in [0, 0.05) is 23.8 Å². The first kappa shape index (κ1) is 16.4. The lowest BCUT2D eigenvalue weighted by molar-refractivity contribution is -0.385. The van der Waals surface area contributed by atoms with Crippen LogP contribution in [0.3, 0.4) is 0 Å². The van der Waals surface area contributed by atoms with Gasteiger partial charge in [-0.3, -0.25) is 20.2 Å². The van der Waals surface area contributed by atoms with Gasteiger partial charge < -0.3 is 4.74 Å². The largest absolute Gasteiger partial charge is 0.423 e. The third-order valence-corrected chi connectivity index (χ3v) is 3.27. The Kier molecular flexibility index (Phi) is 4.56. The highest BCUT2D eigenvalue weighted by Crippen LogP contribution is 2.26. The number of rotatable bonds is 4. The van der Waals surface area contributed by atoms with Gasteiger partial charge in [0.15, 0.2) is 0 Å². The molecule has 0 saturated heterocycles. The van der Waals surface area contributed by atoms with E-state index in [1.165, 1.54) is 31.2 Å². The molecule has 2 aromatic carbocycles. The Bertz CT molecular complexity index is 821. The van der Waals surface area contributed by atoms with Crippen molar-refractivity contribution in [2.45, 2.75) is 6.92 Å². The fourth-order valence-electron chi connectivity index (χ4n) is 1.84. The summed E-state index contributed by atoms with van der Waals surface area (Å²) in [5.74, 6) is -0.717. The Morgan fingerprint density at radius 1 is 1.09 bits per heavy atom. The Morgan fingerprint density at radius 3 is 2.30 bits per heavy atom. The van der Waals surface area contributed by atoms with Gasteiger partial charge in [0.1, 0.15) is 5.75 Å². The number of carbonyl (C=O) groups excluding carboxylic acids is 1. The van der Waals surface area contributed by atoms with E-state index in [4.69, 9.17) is 16.3 Å². The zero-order chi connectivity index (χ0) is 17.1. The Labute approximate surface area is 134 Å². The predicted molar refractivity (Wildman–Crippen MR) is 80.9 cm³/mol. The zero-order valence-corrected chi connectivity index (χ0v) is 12.4. The standard InChI is InChI=1S/C14H9ClN2O6/c1-8-6-10(3-5-13(8)17(21)22)23-14(18)11-4-2-9(16(19)20)7-12(11)15/h2-7H,1H3. The van der Waals surface area contributed by atoms with Crippen molar-refractivity contribution >= 4 is 28.9 Å². The van der Waals surface area contributed by atoms with Crippen LogP contribution in [0, 0.1) is 27.2 Å². The van der Waals surface area contributed by atoms with Crippen LogP contribution >= 0.6 is 11.6 Å². The zero-order valence-electron chi connectivity index (χ0n) is 11.7. The van der Waals surface area contributed by atoms with Gasteiger partial charge in [-0.2, -0.15) is 0 Å². The molecular formula is C14H9ClN2O6. The summed E-state index contributed by atoms with van der Waals surface area (Å²) in [6.45, 7) is 1.51. The van der Waals surface area contributed by atoms with E-state index in [2.05, 4.69) is 0 Å². The van der Waals surface area contributed by atoms with E-state index in [0.29, 0.717) is 5.56 Å². The molecule has 0 heterocycles. The van der Waals surface area contributed by atoms with Gasteiger partial charge >= 0.3 is 5.97 Å². The van der Waals surface area contributed by atoms with Crippen LogP contribution in [0.5, 0.6) is 5.75 Å². The molecule has 0 aliphatic heterocycles. The van der Waals surface area contributed by atoms with Crippen molar-refractivity contribution in [2.24, 2.45) is 0 Å². The van der Waals surface area contributed by atoms with Crippen LogP contribution in [0.15, 0.2) is 36.4 Å². The Morgan fingerprint density at radius 2 is 1.78 bits per heavy atom. The third kappa shape index (κ3) is 3.61. The SMILES string of the molecule is Cc1cc(OC(=O)c2ccc([N+](=O)[O-])cc2Cl)ccc1[N+](=O)[O-]. The number of non-ortho nitro benzene ring substituents is 1. The normalized spacial score (nSPS) is 10.2. The second-order valence-electron chi connectivity index (χ2n) is 4.52. The molecular weight excluding hydrogens is 328 g/mol. The van der Waals surface area contributed by atoms with Gasteiger partial charge in [0.2, 0.25) is 0 Å². The highest BCUT2D eigenvalue weighted by Gasteiger charge is 2.18. The van der Waals surface area contributed by atoms with Crippen molar-refractivity contribution in [2.75, 3.05) is 0 Å². The minimum Gasteiger partial charge on any atom is -0.423 e. The molecule has 0 unspecified atom stereocenters. The maximum atomic E-state index is 12.0. The van der Waals surface area contributed by atoms with Crippen molar-refractivity contribution < 1.29 is 19.4 Å². The van der Waals surface area contributed by atoms with E-state index >= 15 is 0 Å². The van der Waals surface area contributed by atoms with Gasteiger partial charge in [-0.25, -0.2) is 4.79 Å². The minimum atomic E-state index is -0.821. The molecule has 0 fully saturated rings. The average Bonchev–Trinajstić information content (AvgIpc) is 2.46. The molecule has 0 aromatic heterocycles. The summed E-state index contributed by atoms with van der Waals surface area (Å²) in [7, 11) is 0. The van der Waals surface area contributed by atoms with Gasteiger partial charge in [-0.1, -0.05) is 11.6 Å². The molecule has 8 nitrogen and oxygen atoms in total. The second kappa shape index (κ2) is 6.41. The Hall–Kier alpha value is -3.00. The first-order valence-electron chi connectivity index (χ1n) is 6.20. The van der Waals surface area contributed by atoms with Crippen LogP contribution in [0.25, 0.3) is 0 Å². The number of benzene rings is 2. The molecule has 2 aromatic rings. The summed E-state index contributed by atoms with van der Waals surface area (Å²) in [5, 5.41) is 21.2. The second-order valence-corrected chi connectivity index (χ2v) is 4.92. The summed E-state index contributed by atoms with van der Waals surface area (Å²) >= 11 is 5.84. The van der Waals surface area contributed by atoms with Gasteiger partial charge in [-0.05, 0) is 25.1 Å². The minimum absolute atomic E-state index is 0.0479. The molecule has 0 radical (unpaired) electrons. The van der Waals surface area contributed by atoms with Crippen molar-refractivity contribution in [1.82, 2.24) is 0 Å². The van der Waals surface area contributed by atoms with Gasteiger partial charge in [-0.15, -0.1) is 0 Å². The summed E-state index contributed by atoms with van der Waals surface area (Å²) in [5.41, 5.74) is -0.0701. The molecule has 0 atom stereocenters. The molecule has 0 bridgehead atoms. The van der Waals surface area contributed by atoms with Crippen LogP contribution in [0.4, 0.5) is 11.4 Å².